The van der Waals surface area contributed by atoms with E-state index >= 15 is 0 Å². The molecule has 0 spiro atoms. The molecule has 26 heavy (non-hydrogen) atoms. The van der Waals surface area contributed by atoms with Crippen molar-refractivity contribution in [2.75, 3.05) is 11.8 Å². The Hall–Kier alpha value is -1.61. The molecule has 2 heterocycles. The van der Waals surface area contributed by atoms with Gasteiger partial charge in [0, 0.05) is 9.75 Å². The molecule has 9 heteroatoms. The number of aryl methyl sites for hydroxylation is 3. The third-order valence-electron chi connectivity index (χ3n) is 3.81. The maximum atomic E-state index is 12.8. The number of hydrogen-bond donors (Lipinski definition) is 1. The molecular weight excluding hydrogens is 412 g/mol. The molecule has 0 aliphatic carbocycles. The fourth-order valence-electron chi connectivity index (χ4n) is 2.36. The van der Waals surface area contributed by atoms with E-state index in [2.05, 4.69) is 9.71 Å². The molecule has 0 unspecified atom stereocenters. The fourth-order valence-corrected chi connectivity index (χ4v) is 6.22. The van der Waals surface area contributed by atoms with Gasteiger partial charge in [0.25, 0.3) is 10.0 Å². The summed E-state index contributed by atoms with van der Waals surface area (Å²) in [5.41, 5.74) is 1.34. The number of nitrogens with zero attached hydrogens (tertiary/aromatic N) is 1. The van der Waals surface area contributed by atoms with Crippen molar-refractivity contribution in [2.24, 2.45) is 0 Å². The van der Waals surface area contributed by atoms with Crippen LogP contribution < -0.4 is 9.46 Å². The van der Waals surface area contributed by atoms with Crippen LogP contribution in [0.1, 0.15) is 15.4 Å². The lowest BCUT2D eigenvalue weighted by molar-refractivity contribution is 0.415. The van der Waals surface area contributed by atoms with Crippen molar-refractivity contribution in [1.29, 1.82) is 0 Å². The van der Waals surface area contributed by atoms with Crippen molar-refractivity contribution < 1.29 is 13.2 Å². The van der Waals surface area contributed by atoms with Crippen LogP contribution >= 0.6 is 34.3 Å². The minimum atomic E-state index is -3.73. The molecular formula is C17H17ClN2O3S3. The van der Waals surface area contributed by atoms with E-state index < -0.39 is 10.0 Å². The van der Waals surface area contributed by atoms with Crippen LogP contribution in [-0.2, 0) is 10.0 Å². The van der Waals surface area contributed by atoms with Gasteiger partial charge in [-0.05, 0) is 45.0 Å². The first-order chi connectivity index (χ1) is 12.2. The Morgan fingerprint density at radius 2 is 1.85 bits per heavy atom. The lowest BCUT2D eigenvalue weighted by Gasteiger charge is -2.09. The van der Waals surface area contributed by atoms with E-state index in [0.29, 0.717) is 21.3 Å². The summed E-state index contributed by atoms with van der Waals surface area (Å²) in [5, 5.41) is 1.17. The molecule has 1 aromatic carbocycles. The Labute approximate surface area is 165 Å². The Balaban J connectivity index is 1.93. The Kier molecular flexibility index (Phi) is 5.30. The van der Waals surface area contributed by atoms with Crippen molar-refractivity contribution in [2.45, 2.75) is 25.7 Å². The van der Waals surface area contributed by atoms with Crippen LogP contribution in [0, 0.1) is 20.8 Å². The number of anilines is 1. The van der Waals surface area contributed by atoms with Gasteiger partial charge in [-0.2, -0.15) is 0 Å². The number of aromatic nitrogens is 1. The van der Waals surface area contributed by atoms with Gasteiger partial charge >= 0.3 is 0 Å². The third kappa shape index (κ3) is 3.73. The highest BCUT2D eigenvalue weighted by Crippen LogP contribution is 2.37. The quantitative estimate of drug-likeness (QED) is 0.601. The zero-order valence-corrected chi connectivity index (χ0v) is 17.8. The molecule has 0 radical (unpaired) electrons. The summed E-state index contributed by atoms with van der Waals surface area (Å²) in [6, 6.07) is 6.42. The molecule has 138 valence electrons. The van der Waals surface area contributed by atoms with Crippen molar-refractivity contribution in [3.05, 3.63) is 44.7 Å². The maximum Gasteiger partial charge on any atom is 0.263 e. The van der Waals surface area contributed by atoms with E-state index in [1.165, 1.54) is 24.5 Å². The number of nitrogens with one attached hydrogen (secondary N) is 1. The summed E-state index contributed by atoms with van der Waals surface area (Å²) in [4.78, 5) is 7.44. The molecule has 3 rings (SSSR count). The summed E-state index contributed by atoms with van der Waals surface area (Å²) < 4.78 is 33.3. The number of benzene rings is 1. The summed E-state index contributed by atoms with van der Waals surface area (Å²) >= 11 is 9.05. The molecule has 1 N–H and O–H groups in total. The standard InChI is InChI=1S/C17H17ClN2O3S3/c1-9-10(2)25-17(19-9)15-8-16(11(3)24-15)26(21,22)20-12-5-6-14(23-4)13(18)7-12/h5-8,20H,1-4H3. The second-order valence-corrected chi connectivity index (χ2v) is 10.2. The zero-order chi connectivity index (χ0) is 19.1. The zero-order valence-electron chi connectivity index (χ0n) is 14.6. The number of thiazole rings is 1. The molecule has 3 aromatic rings. The maximum absolute atomic E-state index is 12.8. The van der Waals surface area contributed by atoms with E-state index in [0.717, 1.165) is 20.5 Å². The van der Waals surface area contributed by atoms with E-state index in [4.69, 9.17) is 16.3 Å². The Morgan fingerprint density at radius 3 is 2.42 bits per heavy atom. The van der Waals surface area contributed by atoms with Crippen molar-refractivity contribution in [1.82, 2.24) is 4.98 Å². The molecule has 0 aliphatic rings. The number of sulfonamides is 1. The number of halogens is 1. The minimum absolute atomic E-state index is 0.245. The molecule has 2 aromatic heterocycles. The molecule has 0 saturated heterocycles. The van der Waals surface area contributed by atoms with Crippen LogP contribution in [0.2, 0.25) is 5.02 Å². The second-order valence-electron chi connectivity index (χ2n) is 5.65. The lowest BCUT2D eigenvalue weighted by Crippen LogP contribution is -2.13. The monoisotopic (exact) mass is 428 g/mol. The first-order valence-corrected chi connectivity index (χ1v) is 11.1. The molecule has 0 bridgehead atoms. The summed E-state index contributed by atoms with van der Waals surface area (Å²) in [6.45, 7) is 5.74. The van der Waals surface area contributed by atoms with Gasteiger partial charge in [-0.1, -0.05) is 11.6 Å². The molecule has 0 amide bonds. The Morgan fingerprint density at radius 1 is 1.12 bits per heavy atom. The average molecular weight is 429 g/mol. The molecule has 0 atom stereocenters. The molecule has 0 saturated carbocycles. The van der Waals surface area contributed by atoms with Gasteiger partial charge in [0.1, 0.15) is 15.7 Å². The first-order valence-electron chi connectivity index (χ1n) is 7.62. The van der Waals surface area contributed by atoms with Crippen LogP contribution in [0.3, 0.4) is 0 Å². The van der Waals surface area contributed by atoms with Crippen LogP contribution in [0.5, 0.6) is 5.75 Å². The highest BCUT2D eigenvalue weighted by Gasteiger charge is 2.22. The van der Waals surface area contributed by atoms with Crippen LogP contribution in [-0.4, -0.2) is 20.5 Å². The summed E-state index contributed by atoms with van der Waals surface area (Å²) in [5.74, 6) is 0.484. The predicted molar refractivity (Wildman–Crippen MR) is 108 cm³/mol. The normalized spacial score (nSPS) is 11.6. The number of ether oxygens (including phenoxy) is 1. The van der Waals surface area contributed by atoms with Gasteiger partial charge in [0.15, 0.2) is 0 Å². The van der Waals surface area contributed by atoms with E-state index in [9.17, 15) is 8.42 Å². The number of methoxy groups -OCH3 is 1. The van der Waals surface area contributed by atoms with Gasteiger partial charge in [-0.25, -0.2) is 13.4 Å². The lowest BCUT2D eigenvalue weighted by atomic mass is 10.3. The third-order valence-corrected chi connectivity index (χ3v) is 8.03. The van der Waals surface area contributed by atoms with Gasteiger partial charge in [0.2, 0.25) is 0 Å². The highest BCUT2D eigenvalue weighted by molar-refractivity contribution is 7.93. The topological polar surface area (TPSA) is 68.3 Å². The summed E-state index contributed by atoms with van der Waals surface area (Å²) in [7, 11) is -2.23. The molecule has 0 fully saturated rings. The largest absolute Gasteiger partial charge is 0.495 e. The first kappa shape index (κ1) is 19.2. The minimum Gasteiger partial charge on any atom is -0.495 e. The number of hydrogen-bond acceptors (Lipinski definition) is 6. The van der Waals surface area contributed by atoms with E-state index in [-0.39, 0.29) is 4.90 Å². The van der Waals surface area contributed by atoms with Crippen molar-refractivity contribution in [3.8, 4) is 15.6 Å². The van der Waals surface area contributed by atoms with Crippen molar-refractivity contribution in [3.63, 3.8) is 0 Å². The van der Waals surface area contributed by atoms with Crippen LogP contribution in [0.15, 0.2) is 29.2 Å². The predicted octanol–water partition coefficient (Wildman–Crippen LogP) is 5.26. The fraction of sp³-hybridized carbons (Fsp3) is 0.235. The number of rotatable bonds is 5. The van der Waals surface area contributed by atoms with Gasteiger partial charge < -0.3 is 4.74 Å². The SMILES string of the molecule is COc1ccc(NS(=O)(=O)c2cc(-c3nc(C)c(C)s3)sc2C)cc1Cl. The smallest absolute Gasteiger partial charge is 0.263 e. The Bertz CT molecular complexity index is 1050. The van der Waals surface area contributed by atoms with E-state index in [1.54, 1.807) is 36.5 Å². The molecule has 0 aliphatic heterocycles. The van der Waals surface area contributed by atoms with Gasteiger partial charge in [-0.3, -0.25) is 4.72 Å². The van der Waals surface area contributed by atoms with Crippen LogP contribution in [0.25, 0.3) is 9.88 Å². The van der Waals surface area contributed by atoms with Crippen LogP contribution in [0.4, 0.5) is 5.69 Å². The van der Waals surface area contributed by atoms with Gasteiger partial charge in [-0.15, -0.1) is 22.7 Å². The van der Waals surface area contributed by atoms with Crippen molar-refractivity contribution >= 4 is 50.0 Å². The summed E-state index contributed by atoms with van der Waals surface area (Å²) in [6.07, 6.45) is 0. The highest BCUT2D eigenvalue weighted by atomic mass is 35.5. The second kappa shape index (κ2) is 7.19. The number of thiophene rings is 1. The van der Waals surface area contributed by atoms with Gasteiger partial charge in [0.05, 0.1) is 28.4 Å². The van der Waals surface area contributed by atoms with E-state index in [1.807, 2.05) is 13.8 Å². The average Bonchev–Trinajstić information content (AvgIpc) is 3.11. The molecule has 5 nitrogen and oxygen atoms in total.